The topological polar surface area (TPSA) is 90.9 Å². The van der Waals surface area contributed by atoms with Gasteiger partial charge in [-0.25, -0.2) is 9.97 Å². The standard InChI is InChI=1S/C16H22N4O2/c1-4-12(16(2,3)22)20-15(21)10-7-17-14-13(10)19-11(8-18-14)9-5-6-9/h7-9,12,22H,4-6H2,1-3H3,(H,17,18)(H,20,21)/t12-/m1/s1. The Balaban J connectivity index is 1.88. The summed E-state index contributed by atoms with van der Waals surface area (Å²) in [6.07, 6.45) is 6.35. The highest BCUT2D eigenvalue weighted by Gasteiger charge is 2.29. The molecule has 2 aromatic heterocycles. The van der Waals surface area contributed by atoms with Gasteiger partial charge in [0.2, 0.25) is 0 Å². The van der Waals surface area contributed by atoms with Crippen molar-refractivity contribution in [3.63, 3.8) is 0 Å². The zero-order chi connectivity index (χ0) is 15.9. The molecule has 22 heavy (non-hydrogen) atoms. The summed E-state index contributed by atoms with van der Waals surface area (Å²) in [5.74, 6) is 0.255. The third-order valence-corrected chi connectivity index (χ3v) is 4.21. The maximum Gasteiger partial charge on any atom is 0.255 e. The number of nitrogens with one attached hydrogen (secondary N) is 2. The van der Waals surface area contributed by atoms with Crippen molar-refractivity contribution in [3.05, 3.63) is 23.7 Å². The number of hydrogen-bond donors (Lipinski definition) is 3. The number of hydrogen-bond acceptors (Lipinski definition) is 4. The molecule has 0 aliphatic heterocycles. The second kappa shape index (κ2) is 5.35. The number of carbonyl (C=O) groups excluding carboxylic acids is 1. The van der Waals surface area contributed by atoms with Crippen molar-refractivity contribution in [2.75, 3.05) is 0 Å². The fourth-order valence-corrected chi connectivity index (χ4v) is 2.67. The summed E-state index contributed by atoms with van der Waals surface area (Å²) in [5.41, 5.74) is 1.68. The molecule has 0 bridgehead atoms. The summed E-state index contributed by atoms with van der Waals surface area (Å²) in [5, 5.41) is 13.0. The third kappa shape index (κ3) is 2.83. The number of fused-ring (bicyclic) bond motifs is 1. The van der Waals surface area contributed by atoms with Crippen LogP contribution in [0.3, 0.4) is 0 Å². The van der Waals surface area contributed by atoms with Crippen molar-refractivity contribution >= 4 is 17.1 Å². The van der Waals surface area contributed by atoms with Crippen molar-refractivity contribution in [2.45, 2.75) is 57.6 Å². The van der Waals surface area contributed by atoms with Gasteiger partial charge in [-0.05, 0) is 33.1 Å². The molecule has 1 fully saturated rings. The number of rotatable bonds is 5. The first-order chi connectivity index (χ1) is 10.4. The molecule has 1 saturated carbocycles. The minimum Gasteiger partial charge on any atom is -0.388 e. The van der Waals surface area contributed by atoms with E-state index in [0.29, 0.717) is 29.1 Å². The fourth-order valence-electron chi connectivity index (χ4n) is 2.67. The van der Waals surface area contributed by atoms with Crippen LogP contribution in [0.1, 0.15) is 62.0 Å². The zero-order valence-electron chi connectivity index (χ0n) is 13.2. The zero-order valence-corrected chi connectivity index (χ0v) is 13.2. The van der Waals surface area contributed by atoms with Gasteiger partial charge < -0.3 is 15.4 Å². The van der Waals surface area contributed by atoms with Crippen LogP contribution in [0, 0.1) is 0 Å². The Morgan fingerprint density at radius 1 is 1.55 bits per heavy atom. The molecule has 1 amide bonds. The predicted molar refractivity (Wildman–Crippen MR) is 83.7 cm³/mol. The number of aromatic nitrogens is 3. The van der Waals surface area contributed by atoms with Crippen LogP contribution in [0.25, 0.3) is 11.2 Å². The lowest BCUT2D eigenvalue weighted by Gasteiger charge is -2.29. The van der Waals surface area contributed by atoms with E-state index in [1.54, 1.807) is 26.2 Å². The minimum absolute atomic E-state index is 0.234. The molecule has 3 N–H and O–H groups in total. The van der Waals surface area contributed by atoms with Gasteiger partial charge in [0.15, 0.2) is 5.65 Å². The van der Waals surface area contributed by atoms with Gasteiger partial charge in [-0.1, -0.05) is 6.92 Å². The molecular weight excluding hydrogens is 280 g/mol. The van der Waals surface area contributed by atoms with Gasteiger partial charge in [-0.2, -0.15) is 0 Å². The summed E-state index contributed by atoms with van der Waals surface area (Å²) in [4.78, 5) is 24.5. The van der Waals surface area contributed by atoms with Crippen molar-refractivity contribution in [1.82, 2.24) is 20.3 Å². The number of aromatic amines is 1. The van der Waals surface area contributed by atoms with E-state index >= 15 is 0 Å². The Bertz CT molecular complexity index is 698. The third-order valence-electron chi connectivity index (χ3n) is 4.21. The average molecular weight is 302 g/mol. The van der Waals surface area contributed by atoms with Gasteiger partial charge in [0, 0.05) is 12.1 Å². The van der Waals surface area contributed by atoms with Crippen LogP contribution in [0.4, 0.5) is 0 Å². The first-order valence-electron chi connectivity index (χ1n) is 7.77. The number of H-pyrrole nitrogens is 1. The molecule has 1 atom stereocenters. The van der Waals surface area contributed by atoms with Crippen molar-refractivity contribution in [2.24, 2.45) is 0 Å². The SMILES string of the molecule is CC[C@@H](NC(=O)c1c[nH]c2ncc(C3CC3)nc12)C(C)(C)O. The predicted octanol–water partition coefficient (Wildman–Crippen LogP) is 2.11. The molecule has 1 aliphatic rings. The Morgan fingerprint density at radius 2 is 2.27 bits per heavy atom. The molecule has 6 nitrogen and oxygen atoms in total. The summed E-state index contributed by atoms with van der Waals surface area (Å²) >= 11 is 0. The molecule has 0 aromatic carbocycles. The van der Waals surface area contributed by atoms with Crippen LogP contribution < -0.4 is 5.32 Å². The highest BCUT2D eigenvalue weighted by molar-refractivity contribution is 6.04. The van der Waals surface area contributed by atoms with Gasteiger partial charge in [-0.3, -0.25) is 4.79 Å². The van der Waals surface area contributed by atoms with Crippen LogP contribution in [0.5, 0.6) is 0 Å². The smallest absolute Gasteiger partial charge is 0.255 e. The molecule has 0 spiro atoms. The van der Waals surface area contributed by atoms with Gasteiger partial charge in [0.25, 0.3) is 5.91 Å². The molecule has 0 unspecified atom stereocenters. The summed E-state index contributed by atoms with van der Waals surface area (Å²) in [6.45, 7) is 5.33. The molecule has 2 aromatic rings. The molecule has 1 aliphatic carbocycles. The van der Waals surface area contributed by atoms with E-state index in [1.165, 1.54) is 0 Å². The monoisotopic (exact) mass is 302 g/mol. The summed E-state index contributed by atoms with van der Waals surface area (Å²) in [7, 11) is 0. The Hall–Kier alpha value is -1.95. The number of amides is 1. The Morgan fingerprint density at radius 3 is 2.86 bits per heavy atom. The summed E-state index contributed by atoms with van der Waals surface area (Å²) in [6, 6.07) is -0.315. The molecule has 2 heterocycles. The first-order valence-corrected chi connectivity index (χ1v) is 7.77. The average Bonchev–Trinajstić information content (AvgIpc) is 3.22. The Labute approximate surface area is 129 Å². The lowest BCUT2D eigenvalue weighted by molar-refractivity contribution is 0.0338. The van der Waals surface area contributed by atoms with Crippen LogP contribution in [-0.2, 0) is 0 Å². The molecule has 3 rings (SSSR count). The highest BCUT2D eigenvalue weighted by atomic mass is 16.3. The largest absolute Gasteiger partial charge is 0.388 e. The van der Waals surface area contributed by atoms with E-state index in [1.807, 2.05) is 6.92 Å². The van der Waals surface area contributed by atoms with Crippen LogP contribution in [0.15, 0.2) is 12.4 Å². The van der Waals surface area contributed by atoms with E-state index in [9.17, 15) is 9.90 Å². The quantitative estimate of drug-likeness (QED) is 0.789. The molecular formula is C16H22N4O2. The minimum atomic E-state index is -0.971. The Kier molecular flexibility index (Phi) is 3.64. The van der Waals surface area contributed by atoms with Crippen LogP contribution >= 0.6 is 0 Å². The van der Waals surface area contributed by atoms with E-state index in [2.05, 4.69) is 20.3 Å². The maximum absolute atomic E-state index is 12.5. The van der Waals surface area contributed by atoms with Crippen molar-refractivity contribution < 1.29 is 9.90 Å². The van der Waals surface area contributed by atoms with Crippen LogP contribution in [0.2, 0.25) is 0 Å². The van der Waals surface area contributed by atoms with Crippen molar-refractivity contribution in [1.29, 1.82) is 0 Å². The molecule has 6 heteroatoms. The number of nitrogens with zero attached hydrogens (tertiary/aromatic N) is 2. The second-order valence-electron chi connectivity index (χ2n) is 6.56. The van der Waals surface area contributed by atoms with E-state index < -0.39 is 5.60 Å². The first kappa shape index (κ1) is 15.0. The second-order valence-corrected chi connectivity index (χ2v) is 6.56. The number of aliphatic hydroxyl groups is 1. The van der Waals surface area contributed by atoms with Gasteiger partial charge in [0.05, 0.1) is 29.1 Å². The number of carbonyl (C=O) groups is 1. The van der Waals surface area contributed by atoms with Gasteiger partial charge in [0.1, 0.15) is 5.52 Å². The van der Waals surface area contributed by atoms with Crippen LogP contribution in [-0.4, -0.2) is 37.6 Å². The lowest BCUT2D eigenvalue weighted by atomic mass is 9.96. The molecule has 0 radical (unpaired) electrons. The summed E-state index contributed by atoms with van der Waals surface area (Å²) < 4.78 is 0. The van der Waals surface area contributed by atoms with Gasteiger partial charge in [-0.15, -0.1) is 0 Å². The molecule has 118 valence electrons. The van der Waals surface area contributed by atoms with E-state index in [4.69, 9.17) is 0 Å². The fraction of sp³-hybridized carbons (Fsp3) is 0.562. The lowest BCUT2D eigenvalue weighted by Crippen LogP contribution is -2.48. The van der Waals surface area contributed by atoms with E-state index in [0.717, 1.165) is 18.5 Å². The van der Waals surface area contributed by atoms with Crippen molar-refractivity contribution in [3.8, 4) is 0 Å². The highest BCUT2D eigenvalue weighted by Crippen LogP contribution is 2.39. The maximum atomic E-state index is 12.5. The van der Waals surface area contributed by atoms with E-state index in [-0.39, 0.29) is 11.9 Å². The van der Waals surface area contributed by atoms with Gasteiger partial charge >= 0.3 is 0 Å². The normalized spacial score (nSPS) is 16.7. The molecule has 0 saturated heterocycles.